The maximum absolute atomic E-state index is 5.85. The zero-order valence-electron chi connectivity index (χ0n) is 7.80. The van der Waals surface area contributed by atoms with Crippen LogP contribution in [0.4, 0.5) is 0 Å². The van der Waals surface area contributed by atoms with Crippen molar-refractivity contribution < 1.29 is 0 Å². The van der Waals surface area contributed by atoms with E-state index in [4.69, 9.17) is 5.73 Å². The van der Waals surface area contributed by atoms with Crippen molar-refractivity contribution in [1.29, 1.82) is 0 Å². The molecule has 0 radical (unpaired) electrons. The van der Waals surface area contributed by atoms with Crippen LogP contribution in [0.1, 0.15) is 27.2 Å². The van der Waals surface area contributed by atoms with Crippen molar-refractivity contribution >= 4 is 0 Å². The van der Waals surface area contributed by atoms with Crippen LogP contribution in [-0.4, -0.2) is 6.04 Å². The zero-order chi connectivity index (χ0) is 8.59. The molecular weight excluding hydrogens is 134 g/mol. The van der Waals surface area contributed by atoms with Gasteiger partial charge in [-0.15, -0.1) is 0 Å². The van der Waals surface area contributed by atoms with E-state index in [1.54, 1.807) is 0 Å². The van der Waals surface area contributed by atoms with Gasteiger partial charge in [0.1, 0.15) is 0 Å². The van der Waals surface area contributed by atoms with Gasteiger partial charge in [0.2, 0.25) is 0 Å². The maximum atomic E-state index is 5.85. The van der Waals surface area contributed by atoms with Crippen molar-refractivity contribution in [2.75, 3.05) is 0 Å². The number of hydrogen-bond acceptors (Lipinski definition) is 1. The summed E-state index contributed by atoms with van der Waals surface area (Å²) in [6.07, 6.45) is 1.29. The van der Waals surface area contributed by atoms with Gasteiger partial charge in [-0.25, -0.2) is 0 Å². The third kappa shape index (κ3) is 1.48. The Morgan fingerprint density at radius 2 is 2.18 bits per heavy atom. The van der Waals surface area contributed by atoms with Crippen molar-refractivity contribution in [1.82, 2.24) is 0 Å². The van der Waals surface area contributed by atoms with Crippen molar-refractivity contribution in [3.8, 4) is 0 Å². The largest absolute Gasteiger partial charge is 0.328 e. The minimum Gasteiger partial charge on any atom is -0.328 e. The van der Waals surface area contributed by atoms with Gasteiger partial charge in [0.15, 0.2) is 0 Å². The molecule has 0 aromatic heterocycles. The molecule has 0 spiro atoms. The van der Waals surface area contributed by atoms with Crippen molar-refractivity contribution in [2.24, 2.45) is 23.5 Å². The Kier molecular flexibility index (Phi) is 2.38. The van der Waals surface area contributed by atoms with Crippen LogP contribution in [0.3, 0.4) is 0 Å². The first-order valence-electron chi connectivity index (χ1n) is 4.45. The van der Waals surface area contributed by atoms with Crippen LogP contribution in [0.25, 0.3) is 0 Å². The van der Waals surface area contributed by atoms with Crippen LogP contribution in [0.15, 0.2) is 12.2 Å². The molecule has 2 N–H and O–H groups in total. The molecular formula is C10H19N. The lowest BCUT2D eigenvalue weighted by molar-refractivity contribution is 0.0992. The molecule has 0 aromatic carbocycles. The molecule has 11 heavy (non-hydrogen) atoms. The summed E-state index contributed by atoms with van der Waals surface area (Å²) in [5.41, 5.74) is 7.16. The first kappa shape index (κ1) is 8.79. The second-order valence-corrected chi connectivity index (χ2v) is 4.11. The van der Waals surface area contributed by atoms with Crippen molar-refractivity contribution in [3.05, 3.63) is 12.2 Å². The van der Waals surface area contributed by atoms with Gasteiger partial charge in [-0.3, -0.25) is 0 Å². The molecule has 1 aliphatic rings. The molecule has 4 atom stereocenters. The van der Waals surface area contributed by atoms with E-state index in [1.807, 2.05) is 0 Å². The summed E-state index contributed by atoms with van der Waals surface area (Å²) in [6.45, 7) is 10.5. The Balaban J connectivity index is 2.55. The summed E-state index contributed by atoms with van der Waals surface area (Å²) in [6, 6.07) is 0.341. The molecule has 0 aliphatic heterocycles. The molecule has 64 valence electrons. The average Bonchev–Trinajstić information content (AvgIpc) is 1.80. The summed E-state index contributed by atoms with van der Waals surface area (Å²) < 4.78 is 0. The van der Waals surface area contributed by atoms with Crippen LogP contribution >= 0.6 is 0 Å². The summed E-state index contributed by atoms with van der Waals surface area (Å²) in [5.74, 6) is 2.20. The summed E-state index contributed by atoms with van der Waals surface area (Å²) in [5, 5.41) is 0. The normalized spacial score (nSPS) is 39.5. The Morgan fingerprint density at radius 3 is 2.36 bits per heavy atom. The first-order valence-corrected chi connectivity index (χ1v) is 4.45. The highest BCUT2D eigenvalue weighted by atomic mass is 14.7. The minimum absolute atomic E-state index is 0.341. The Bertz CT molecular complexity index is 160. The lowest BCUT2D eigenvalue weighted by atomic mass is 9.60. The van der Waals surface area contributed by atoms with Gasteiger partial charge in [-0.2, -0.15) is 0 Å². The number of rotatable bonds is 2. The first-order chi connectivity index (χ1) is 5.04. The predicted octanol–water partition coefficient (Wildman–Crippen LogP) is 2.18. The summed E-state index contributed by atoms with van der Waals surface area (Å²) >= 11 is 0. The van der Waals surface area contributed by atoms with E-state index in [-0.39, 0.29) is 0 Å². The second kappa shape index (κ2) is 2.98. The van der Waals surface area contributed by atoms with E-state index in [1.165, 1.54) is 12.0 Å². The summed E-state index contributed by atoms with van der Waals surface area (Å²) in [7, 11) is 0. The van der Waals surface area contributed by atoms with E-state index >= 15 is 0 Å². The van der Waals surface area contributed by atoms with Gasteiger partial charge in [0.25, 0.3) is 0 Å². The molecule has 1 heteroatoms. The van der Waals surface area contributed by atoms with Crippen molar-refractivity contribution in [2.45, 2.75) is 33.2 Å². The van der Waals surface area contributed by atoms with Crippen LogP contribution in [-0.2, 0) is 0 Å². The molecule has 1 rings (SSSR count). The highest BCUT2D eigenvalue weighted by molar-refractivity contribution is 5.08. The van der Waals surface area contributed by atoms with E-state index < -0.39 is 0 Å². The number of nitrogens with two attached hydrogens (primary N) is 1. The molecule has 1 aliphatic carbocycles. The molecule has 0 bridgehead atoms. The fraction of sp³-hybridized carbons (Fsp3) is 0.800. The molecule has 0 saturated heterocycles. The van der Waals surface area contributed by atoms with Gasteiger partial charge in [0.05, 0.1) is 0 Å². The van der Waals surface area contributed by atoms with Gasteiger partial charge in [-0.1, -0.05) is 19.1 Å². The Labute approximate surface area is 69.7 Å². The molecule has 1 nitrogen and oxygen atoms in total. The number of hydrogen-bond donors (Lipinski definition) is 1. The van der Waals surface area contributed by atoms with Crippen molar-refractivity contribution in [3.63, 3.8) is 0 Å². The maximum Gasteiger partial charge on any atom is 0.00446 e. The molecule has 0 heterocycles. The van der Waals surface area contributed by atoms with E-state index in [2.05, 4.69) is 27.4 Å². The number of allylic oxidation sites excluding steroid dienone is 1. The van der Waals surface area contributed by atoms with E-state index in [9.17, 15) is 0 Å². The SMILES string of the molecule is C=C(C)C1C(C(C)N)C[C@H]1C. The van der Waals surface area contributed by atoms with Gasteiger partial charge >= 0.3 is 0 Å². The van der Waals surface area contributed by atoms with Gasteiger partial charge < -0.3 is 5.73 Å². The van der Waals surface area contributed by atoms with E-state index in [0.29, 0.717) is 17.9 Å². The standard InChI is InChI=1S/C10H19N/c1-6(2)10-7(3)5-9(10)8(4)11/h7-10H,1,5,11H2,2-4H3/t7-,8?,9?,10?/m1/s1. The van der Waals surface area contributed by atoms with Crippen LogP contribution in [0, 0.1) is 17.8 Å². The van der Waals surface area contributed by atoms with Crippen LogP contribution < -0.4 is 5.73 Å². The second-order valence-electron chi connectivity index (χ2n) is 4.11. The van der Waals surface area contributed by atoms with Gasteiger partial charge in [0, 0.05) is 6.04 Å². The molecule has 0 aromatic rings. The topological polar surface area (TPSA) is 26.0 Å². The highest BCUT2D eigenvalue weighted by Crippen LogP contribution is 2.45. The zero-order valence-corrected chi connectivity index (χ0v) is 7.80. The third-order valence-corrected chi connectivity index (χ3v) is 2.96. The monoisotopic (exact) mass is 153 g/mol. The molecule has 1 fully saturated rings. The van der Waals surface area contributed by atoms with Crippen LogP contribution in [0.5, 0.6) is 0 Å². The fourth-order valence-electron chi connectivity index (χ4n) is 2.34. The molecule has 3 unspecified atom stereocenters. The smallest absolute Gasteiger partial charge is 0.00446 e. The van der Waals surface area contributed by atoms with Gasteiger partial charge in [-0.05, 0) is 38.0 Å². The quantitative estimate of drug-likeness (QED) is 0.605. The third-order valence-electron chi connectivity index (χ3n) is 2.96. The molecule has 1 saturated carbocycles. The highest BCUT2D eigenvalue weighted by Gasteiger charge is 2.39. The average molecular weight is 153 g/mol. The lowest BCUT2D eigenvalue weighted by Gasteiger charge is -2.46. The molecule has 0 amide bonds. The lowest BCUT2D eigenvalue weighted by Crippen LogP contribution is -2.45. The Morgan fingerprint density at radius 1 is 1.64 bits per heavy atom. The summed E-state index contributed by atoms with van der Waals surface area (Å²) in [4.78, 5) is 0. The van der Waals surface area contributed by atoms with Crippen LogP contribution in [0.2, 0.25) is 0 Å². The Hall–Kier alpha value is -0.300. The fourth-order valence-corrected chi connectivity index (χ4v) is 2.34. The minimum atomic E-state index is 0.341. The van der Waals surface area contributed by atoms with E-state index in [0.717, 1.165) is 5.92 Å². The predicted molar refractivity (Wildman–Crippen MR) is 49.2 cm³/mol.